The van der Waals surface area contributed by atoms with E-state index in [1.165, 1.54) is 4.97 Å². The topological polar surface area (TPSA) is 56.7 Å². The maximum absolute atomic E-state index is 9.50. The van der Waals surface area contributed by atoms with E-state index in [2.05, 4.69) is 0 Å². The summed E-state index contributed by atoms with van der Waals surface area (Å²) in [7, 11) is 0. The first-order chi connectivity index (χ1) is 3.15. The highest BCUT2D eigenvalue weighted by atomic mass is 19.5. The molecule has 0 rings (SSSR count). The van der Waals surface area contributed by atoms with Crippen LogP contribution in [0.1, 0.15) is 0 Å². The van der Waals surface area contributed by atoms with Gasteiger partial charge in [-0.25, -0.2) is 0 Å². The minimum absolute atomic E-state index is 1.25. The molecule has 42 valence electrons. The van der Waals surface area contributed by atoms with Crippen molar-refractivity contribution in [2.24, 2.45) is 0 Å². The molecule has 0 bridgehead atoms. The molecule has 0 saturated heterocycles. The van der Waals surface area contributed by atoms with Gasteiger partial charge in [0.25, 0.3) is 0 Å². The highest BCUT2D eigenvalue weighted by Crippen LogP contribution is 1.82. The average molecular weight is 115 g/mol. The van der Waals surface area contributed by atoms with Crippen molar-refractivity contribution >= 4 is 0 Å². The van der Waals surface area contributed by atoms with Crippen LogP contribution >= 0.6 is 0 Å². The maximum Gasteiger partial charge on any atom is 0.199 e. The summed E-state index contributed by atoms with van der Waals surface area (Å²) in [5, 5.41) is 0. The van der Waals surface area contributed by atoms with Crippen molar-refractivity contribution in [2.75, 3.05) is 0 Å². The van der Waals surface area contributed by atoms with Gasteiger partial charge in [-0.1, -0.05) is 13.4 Å². The molecule has 7 heteroatoms. The largest absolute Gasteiger partial charge is 0.294 e. The van der Waals surface area contributed by atoms with Crippen LogP contribution in [0.5, 0.6) is 0 Å². The van der Waals surface area contributed by atoms with E-state index in [4.69, 9.17) is 10.4 Å². The third-order valence-electron chi connectivity index (χ3n) is 0. The Labute approximate surface area is 35.8 Å². The Hall–Kier alpha value is -0.940. The van der Waals surface area contributed by atoms with Crippen molar-refractivity contribution < 1.29 is 13.4 Å². The van der Waals surface area contributed by atoms with Crippen molar-refractivity contribution in [3.63, 3.8) is 0 Å². The van der Waals surface area contributed by atoms with Gasteiger partial charge in [0.2, 0.25) is 0 Å². The zero-order valence-electron chi connectivity index (χ0n) is 2.88. The lowest BCUT2D eigenvalue weighted by atomic mass is 13.2. The lowest BCUT2D eigenvalue weighted by molar-refractivity contribution is -0.295. The van der Waals surface area contributed by atoms with E-state index < -0.39 is 5.57 Å². The average Bonchev–Trinajstić information content (AvgIpc) is 1.33. The van der Waals surface area contributed by atoms with Gasteiger partial charge in [-0.2, -0.15) is 0 Å². The summed E-state index contributed by atoms with van der Waals surface area (Å²) < 4.78 is 28.5. The van der Waals surface area contributed by atoms with Crippen molar-refractivity contribution in [2.45, 2.75) is 0 Å². The molecule has 0 aromatic carbocycles. The summed E-state index contributed by atoms with van der Waals surface area (Å²) in [5.74, 6) is 0. The van der Waals surface area contributed by atoms with E-state index in [1.807, 2.05) is 0 Å². The molecule has 4 nitrogen and oxygen atoms in total. The van der Waals surface area contributed by atoms with Gasteiger partial charge < -0.3 is 0 Å². The zero-order chi connectivity index (χ0) is 6.28. The molecule has 0 amide bonds. The highest BCUT2D eigenvalue weighted by Gasteiger charge is 1.80. The quantitative estimate of drug-likeness (QED) is 0.266. The molecule has 0 heterocycles. The van der Waals surface area contributed by atoms with Gasteiger partial charge in [-0.15, -0.1) is 0 Å². The van der Waals surface area contributed by atoms with Crippen molar-refractivity contribution in [1.29, 1.82) is 0 Å². The molecule has 0 spiro atoms. The zero-order valence-corrected chi connectivity index (χ0v) is 2.88. The van der Waals surface area contributed by atoms with E-state index in [-0.39, 0.29) is 0 Å². The van der Waals surface area contributed by atoms with E-state index in [0.29, 0.717) is 0 Å². The summed E-state index contributed by atoms with van der Waals surface area (Å²) in [6.07, 6.45) is 0. The van der Waals surface area contributed by atoms with Crippen LogP contribution in [0.2, 0.25) is 0 Å². The lowest BCUT2D eigenvalue weighted by Crippen LogP contribution is -1.72. The maximum atomic E-state index is 9.50. The molecule has 0 aromatic heterocycles. The van der Waals surface area contributed by atoms with Gasteiger partial charge >= 0.3 is 0 Å². The van der Waals surface area contributed by atoms with Gasteiger partial charge in [0.15, 0.2) is 10.5 Å². The molecular formula is F3N3O. The third-order valence-corrected chi connectivity index (χ3v) is 0. The molecule has 0 aromatic rings. The molecule has 7 heavy (non-hydrogen) atoms. The number of nitroso groups, excluding NO2 is 1. The van der Waals surface area contributed by atoms with Crippen LogP contribution in [0.3, 0.4) is 0 Å². The van der Waals surface area contributed by atoms with Gasteiger partial charge in [-0.3, -0.25) is 5.53 Å². The molecule has 0 aliphatic heterocycles. The summed E-state index contributed by atoms with van der Waals surface area (Å²) in [6, 6.07) is 0. The van der Waals surface area contributed by atoms with Crippen LogP contribution in [0.15, 0.2) is 0 Å². The van der Waals surface area contributed by atoms with Gasteiger partial charge in [0.05, 0.1) is 0 Å². The fourth-order valence-electron chi connectivity index (χ4n) is 0. The van der Waals surface area contributed by atoms with Crippen molar-refractivity contribution in [3.05, 3.63) is 10.4 Å². The monoisotopic (exact) mass is 115 g/mol. The first-order valence-corrected chi connectivity index (χ1v) is 0.890. The number of hydrogen-bond acceptors (Lipinski definition) is 2. The van der Waals surface area contributed by atoms with E-state index >= 15 is 0 Å². The van der Waals surface area contributed by atoms with Gasteiger partial charge in [-0.05, 0) is 0 Å². The van der Waals surface area contributed by atoms with Gasteiger partial charge in [0, 0.05) is 0 Å². The summed E-state index contributed by atoms with van der Waals surface area (Å²) in [5.41, 5.74) is 4.14. The Bertz CT molecular complexity index is 52.4. The fourth-order valence-corrected chi connectivity index (χ4v) is 0. The Balaban J connectivity index is 0. The molecule has 0 atom stereocenters. The summed E-state index contributed by atoms with van der Waals surface area (Å²) in [4.78, 5) is 9.36. The molecule has 0 saturated carbocycles. The molecule has 0 aliphatic rings. The normalized spacial score (nSPS) is 6.29. The molecule has 0 fully saturated rings. The van der Waals surface area contributed by atoms with E-state index in [9.17, 15) is 13.4 Å². The Morgan fingerprint density at radius 1 is 1.43 bits per heavy atom. The lowest BCUT2D eigenvalue weighted by Gasteiger charge is -1.67. The minimum atomic E-state index is -2.50. The van der Waals surface area contributed by atoms with Crippen LogP contribution in [0.4, 0.5) is 13.4 Å². The second-order valence-electron chi connectivity index (χ2n) is 0.273. The second-order valence-corrected chi connectivity index (χ2v) is 0.273. The van der Waals surface area contributed by atoms with Crippen LogP contribution in [0, 0.1) is 4.91 Å². The Morgan fingerprint density at radius 3 is 1.43 bits per heavy atom. The molecule has 0 N–H and O–H groups in total. The predicted octanol–water partition coefficient (Wildman–Crippen LogP) is 0.784. The SMILES string of the molecule is FN(F)F.[N-]=[N+]=O. The molecule has 0 unspecified atom stereocenters. The highest BCUT2D eigenvalue weighted by molar-refractivity contribution is 3.92. The fraction of sp³-hybridized carbons (Fsp3) is 0. The number of halogens is 3. The standard InChI is InChI=1S/F3N.N2O/c1-4(2)3;1-2-3. The van der Waals surface area contributed by atoms with Crippen LogP contribution in [-0.4, -0.2) is 5.57 Å². The third kappa shape index (κ3) is 53.6. The van der Waals surface area contributed by atoms with Crippen LogP contribution in [-0.2, 0) is 0 Å². The van der Waals surface area contributed by atoms with Crippen LogP contribution < -0.4 is 4.97 Å². The first-order valence-electron chi connectivity index (χ1n) is 0.890. The van der Waals surface area contributed by atoms with Crippen LogP contribution in [0.25, 0.3) is 5.53 Å². The van der Waals surface area contributed by atoms with Crippen molar-refractivity contribution in [3.8, 4) is 0 Å². The summed E-state index contributed by atoms with van der Waals surface area (Å²) >= 11 is 0. The number of hydrogen-bond donors (Lipinski definition) is 0. The number of rotatable bonds is 0. The minimum Gasteiger partial charge on any atom is -0.294 e. The van der Waals surface area contributed by atoms with E-state index in [1.54, 1.807) is 0 Å². The first kappa shape index (κ1) is 9.41. The van der Waals surface area contributed by atoms with E-state index in [0.717, 1.165) is 0 Å². The molecule has 0 radical (unpaired) electrons. The smallest absolute Gasteiger partial charge is 0.199 e. The molecular weight excluding hydrogens is 115 g/mol. The molecule has 0 aliphatic carbocycles. The van der Waals surface area contributed by atoms with Gasteiger partial charge in [0.1, 0.15) is 4.97 Å². The summed E-state index contributed by atoms with van der Waals surface area (Å²) in [6.45, 7) is 0. The Morgan fingerprint density at radius 2 is 1.43 bits per heavy atom. The Kier molecular flexibility index (Phi) is 12.0. The number of nitrogens with zero attached hydrogens (tertiary/aromatic N) is 3. The van der Waals surface area contributed by atoms with Crippen molar-refractivity contribution in [1.82, 2.24) is 10.5 Å². The second kappa shape index (κ2) is 8.91. The predicted molar refractivity (Wildman–Crippen MR) is 14.0 cm³/mol.